The Morgan fingerprint density at radius 1 is 1.64 bits per heavy atom. The number of hydrogen-bond donors (Lipinski definition) is 0. The van der Waals surface area contributed by atoms with Gasteiger partial charge in [-0.05, 0) is 24.1 Å². The number of nitrogens with zero attached hydrogens (tertiary/aromatic N) is 4. The molecule has 0 fully saturated rings. The molecule has 0 aromatic carbocycles. The number of halogens is 1. The lowest BCUT2D eigenvalue weighted by Crippen LogP contribution is -1.96. The van der Waals surface area contributed by atoms with Crippen LogP contribution in [0.4, 0.5) is 0 Å². The molecule has 0 aliphatic rings. The van der Waals surface area contributed by atoms with Crippen LogP contribution in [-0.2, 0) is 6.54 Å². The maximum absolute atomic E-state index is 8.16. The first-order valence-corrected chi connectivity index (χ1v) is 4.82. The number of rotatable bonds is 4. The van der Waals surface area contributed by atoms with Crippen molar-refractivity contribution in [2.45, 2.75) is 25.3 Å². The first kappa shape index (κ1) is 10.8. The van der Waals surface area contributed by atoms with Crippen molar-refractivity contribution in [1.82, 2.24) is 4.98 Å². The van der Waals surface area contributed by atoms with Gasteiger partial charge in [0.25, 0.3) is 0 Å². The van der Waals surface area contributed by atoms with E-state index in [9.17, 15) is 0 Å². The van der Waals surface area contributed by atoms with Crippen LogP contribution >= 0.6 is 11.6 Å². The van der Waals surface area contributed by atoms with E-state index in [1.54, 1.807) is 0 Å². The summed E-state index contributed by atoms with van der Waals surface area (Å²) >= 11 is 6.03. The molecular formula is C9H11ClN4. The van der Waals surface area contributed by atoms with Crippen molar-refractivity contribution in [1.29, 1.82) is 0 Å². The third-order valence-corrected chi connectivity index (χ3v) is 2.34. The predicted octanol–water partition coefficient (Wildman–Crippen LogP) is 3.58. The van der Waals surface area contributed by atoms with Crippen LogP contribution in [0.3, 0.4) is 0 Å². The minimum Gasteiger partial charge on any atom is -0.256 e. The highest BCUT2D eigenvalue weighted by atomic mass is 35.5. The summed E-state index contributed by atoms with van der Waals surface area (Å²) in [5.41, 5.74) is 9.74. The summed E-state index contributed by atoms with van der Waals surface area (Å²) in [7, 11) is 0. The molecule has 0 bridgehead atoms. The van der Waals surface area contributed by atoms with Gasteiger partial charge >= 0.3 is 0 Å². The number of azide groups is 1. The van der Waals surface area contributed by atoms with Crippen LogP contribution in [0.2, 0.25) is 0 Å². The van der Waals surface area contributed by atoms with Gasteiger partial charge in [-0.1, -0.05) is 18.1 Å². The lowest BCUT2D eigenvalue weighted by Gasteiger charge is -2.06. The van der Waals surface area contributed by atoms with E-state index < -0.39 is 0 Å². The molecule has 0 N–H and O–H groups in total. The van der Waals surface area contributed by atoms with Gasteiger partial charge in [-0.2, -0.15) is 0 Å². The number of aromatic nitrogens is 1. The average Bonchev–Trinajstić information content (AvgIpc) is 2.25. The maximum atomic E-state index is 8.16. The first-order chi connectivity index (χ1) is 6.77. The zero-order valence-electron chi connectivity index (χ0n) is 7.89. The minimum absolute atomic E-state index is 0.0685. The topological polar surface area (TPSA) is 61.7 Å². The molecule has 0 saturated carbocycles. The molecule has 0 spiro atoms. The van der Waals surface area contributed by atoms with E-state index in [4.69, 9.17) is 17.1 Å². The average molecular weight is 211 g/mol. The molecule has 5 heteroatoms. The molecule has 0 radical (unpaired) electrons. The Balaban J connectivity index is 2.83. The summed E-state index contributed by atoms with van der Waals surface area (Å²) in [6, 6.07) is 5.56. The fraction of sp³-hybridized carbons (Fsp3) is 0.444. The normalized spacial score (nSPS) is 11.9. The Hall–Kier alpha value is -1.25. The Labute approximate surface area is 87.5 Å². The van der Waals surface area contributed by atoms with E-state index >= 15 is 0 Å². The van der Waals surface area contributed by atoms with Gasteiger partial charge in [0.15, 0.2) is 0 Å². The van der Waals surface area contributed by atoms with Crippen LogP contribution in [-0.4, -0.2) is 4.98 Å². The number of pyridine rings is 1. The largest absolute Gasteiger partial charge is 0.256 e. The Kier molecular flexibility index (Phi) is 4.23. The second kappa shape index (κ2) is 5.47. The molecule has 0 amide bonds. The molecule has 1 aromatic heterocycles. The molecular weight excluding hydrogens is 200 g/mol. The number of hydrogen-bond acceptors (Lipinski definition) is 2. The van der Waals surface area contributed by atoms with E-state index in [1.807, 2.05) is 25.1 Å². The van der Waals surface area contributed by atoms with Crippen molar-refractivity contribution in [3.8, 4) is 0 Å². The monoisotopic (exact) mass is 210 g/mol. The summed E-state index contributed by atoms with van der Waals surface area (Å²) in [5.74, 6) is 0. The molecule has 14 heavy (non-hydrogen) atoms. The summed E-state index contributed by atoms with van der Waals surface area (Å²) in [5, 5.41) is 3.37. The van der Waals surface area contributed by atoms with E-state index in [0.717, 1.165) is 17.8 Å². The summed E-state index contributed by atoms with van der Waals surface area (Å²) in [4.78, 5) is 6.96. The molecule has 1 atom stereocenters. The summed E-state index contributed by atoms with van der Waals surface area (Å²) in [6.07, 6.45) is 0.833. The maximum Gasteiger partial charge on any atom is 0.0754 e. The van der Waals surface area contributed by atoms with Crippen molar-refractivity contribution in [3.05, 3.63) is 40.0 Å². The highest BCUT2D eigenvalue weighted by Gasteiger charge is 2.06. The van der Waals surface area contributed by atoms with Gasteiger partial charge in [0.05, 0.1) is 17.6 Å². The molecule has 74 valence electrons. The predicted molar refractivity (Wildman–Crippen MR) is 56.0 cm³/mol. The first-order valence-electron chi connectivity index (χ1n) is 4.38. The highest BCUT2D eigenvalue weighted by molar-refractivity contribution is 6.20. The van der Waals surface area contributed by atoms with Crippen molar-refractivity contribution < 1.29 is 0 Å². The molecule has 0 aliphatic heterocycles. The SMILES string of the molecule is CC[C@H](Cl)c1cccc(CN=[N+]=[N-])n1. The standard InChI is InChI=1S/C9H11ClN4/c1-2-8(10)9-5-3-4-7(13-9)6-12-14-11/h3-5,8H,2,6H2,1H3/t8-/m0/s1. The highest BCUT2D eigenvalue weighted by Crippen LogP contribution is 2.21. The Morgan fingerprint density at radius 3 is 3.07 bits per heavy atom. The molecule has 1 rings (SSSR count). The lowest BCUT2D eigenvalue weighted by atomic mass is 10.2. The van der Waals surface area contributed by atoms with Gasteiger partial charge in [-0.25, -0.2) is 0 Å². The van der Waals surface area contributed by atoms with Crippen LogP contribution in [0.15, 0.2) is 23.3 Å². The second-order valence-electron chi connectivity index (χ2n) is 2.82. The fourth-order valence-corrected chi connectivity index (χ4v) is 1.20. The van der Waals surface area contributed by atoms with Crippen LogP contribution in [0, 0.1) is 0 Å². The van der Waals surface area contributed by atoms with Gasteiger partial charge in [0.2, 0.25) is 0 Å². The fourth-order valence-electron chi connectivity index (χ4n) is 1.07. The molecule has 0 unspecified atom stereocenters. The van der Waals surface area contributed by atoms with Gasteiger partial charge in [-0.3, -0.25) is 4.98 Å². The zero-order valence-corrected chi connectivity index (χ0v) is 8.65. The zero-order chi connectivity index (χ0) is 10.4. The number of alkyl halides is 1. The quantitative estimate of drug-likeness (QED) is 0.324. The van der Waals surface area contributed by atoms with Crippen LogP contribution in [0.1, 0.15) is 30.1 Å². The van der Waals surface area contributed by atoms with E-state index in [2.05, 4.69) is 15.0 Å². The summed E-state index contributed by atoms with van der Waals surface area (Å²) < 4.78 is 0. The summed E-state index contributed by atoms with van der Waals surface area (Å²) in [6.45, 7) is 2.27. The van der Waals surface area contributed by atoms with E-state index in [1.165, 1.54) is 0 Å². The third-order valence-electron chi connectivity index (χ3n) is 1.80. The second-order valence-corrected chi connectivity index (χ2v) is 3.35. The third kappa shape index (κ3) is 2.91. The van der Waals surface area contributed by atoms with Gasteiger partial charge in [0, 0.05) is 10.6 Å². The van der Waals surface area contributed by atoms with Crippen molar-refractivity contribution in [2.75, 3.05) is 0 Å². The van der Waals surface area contributed by atoms with Crippen LogP contribution < -0.4 is 0 Å². The molecule has 0 saturated heterocycles. The van der Waals surface area contributed by atoms with Gasteiger partial charge < -0.3 is 0 Å². The van der Waals surface area contributed by atoms with Crippen LogP contribution in [0.25, 0.3) is 10.4 Å². The van der Waals surface area contributed by atoms with E-state index in [0.29, 0.717) is 0 Å². The van der Waals surface area contributed by atoms with Crippen molar-refractivity contribution in [3.63, 3.8) is 0 Å². The van der Waals surface area contributed by atoms with Gasteiger partial charge in [0.1, 0.15) is 0 Å². The van der Waals surface area contributed by atoms with Gasteiger partial charge in [-0.15, -0.1) is 11.6 Å². The smallest absolute Gasteiger partial charge is 0.0754 e. The van der Waals surface area contributed by atoms with Crippen molar-refractivity contribution in [2.24, 2.45) is 5.11 Å². The van der Waals surface area contributed by atoms with E-state index in [-0.39, 0.29) is 11.9 Å². The minimum atomic E-state index is -0.0685. The lowest BCUT2D eigenvalue weighted by molar-refractivity contribution is 0.826. The molecule has 0 aliphatic carbocycles. The van der Waals surface area contributed by atoms with Crippen LogP contribution in [0.5, 0.6) is 0 Å². The molecule has 1 heterocycles. The van der Waals surface area contributed by atoms with Crippen molar-refractivity contribution >= 4 is 11.6 Å². The Bertz CT molecular complexity index is 346. The Morgan fingerprint density at radius 2 is 2.43 bits per heavy atom. The molecule has 1 aromatic rings. The molecule has 4 nitrogen and oxygen atoms in total.